The van der Waals surface area contributed by atoms with E-state index in [0.29, 0.717) is 27.9 Å². The zero-order valence-corrected chi connectivity index (χ0v) is 16.5. The summed E-state index contributed by atoms with van der Waals surface area (Å²) < 4.78 is 13.8. The van der Waals surface area contributed by atoms with Crippen LogP contribution in [0.5, 0.6) is 5.75 Å². The number of benzene rings is 2. The van der Waals surface area contributed by atoms with Crippen molar-refractivity contribution in [3.63, 3.8) is 0 Å². The van der Waals surface area contributed by atoms with Crippen molar-refractivity contribution in [3.05, 3.63) is 86.1 Å². The molecule has 0 bridgehead atoms. The fraction of sp³-hybridized carbons (Fsp3) is 0.190. The Hall–Kier alpha value is -4.05. The molecule has 0 atom stereocenters. The Bertz CT molecular complexity index is 1390. The highest BCUT2D eigenvalue weighted by Crippen LogP contribution is 2.33. The normalized spacial score (nSPS) is 13.1. The molecule has 0 saturated carbocycles. The number of hydrogen-bond acceptors (Lipinski definition) is 7. The monoisotopic (exact) mass is 419 g/mol. The van der Waals surface area contributed by atoms with Gasteiger partial charge >= 0.3 is 0 Å². The van der Waals surface area contributed by atoms with Gasteiger partial charge < -0.3 is 9.47 Å². The fourth-order valence-electron chi connectivity index (χ4n) is 3.73. The van der Waals surface area contributed by atoms with E-state index in [4.69, 9.17) is 9.47 Å². The highest BCUT2D eigenvalue weighted by molar-refractivity contribution is 5.75. The van der Waals surface area contributed by atoms with Crippen LogP contribution in [-0.4, -0.2) is 31.0 Å². The number of aromatic nitrogens is 4. The standard InChI is InChI=1S/C21H17N5O5/c1-13-4-2-3-5-18(13)25-20-17(8-23-25)21(27)24(11-22-20)9-14-6-16(26(28)29)7-15-10-30-12-31-19(14)15/h2-8,11H,9-10,12H2,1H3. The van der Waals surface area contributed by atoms with Crippen molar-refractivity contribution >= 4 is 16.7 Å². The molecule has 0 spiro atoms. The number of nitrogens with zero attached hydrogens (tertiary/aromatic N) is 5. The zero-order valence-electron chi connectivity index (χ0n) is 16.5. The van der Waals surface area contributed by atoms with E-state index in [1.165, 1.54) is 29.2 Å². The van der Waals surface area contributed by atoms with E-state index in [1.54, 1.807) is 4.68 Å². The summed E-state index contributed by atoms with van der Waals surface area (Å²) in [5.41, 5.74) is 2.99. The maximum atomic E-state index is 13.1. The average molecular weight is 419 g/mol. The molecule has 156 valence electrons. The zero-order chi connectivity index (χ0) is 21.5. The molecule has 4 aromatic rings. The molecule has 1 aliphatic heterocycles. The number of nitro groups is 1. The molecule has 31 heavy (non-hydrogen) atoms. The molecule has 0 radical (unpaired) electrons. The summed E-state index contributed by atoms with van der Waals surface area (Å²) in [4.78, 5) is 28.4. The molecule has 0 N–H and O–H groups in total. The van der Waals surface area contributed by atoms with Crippen LogP contribution >= 0.6 is 0 Å². The number of fused-ring (bicyclic) bond motifs is 2. The molecule has 1 aliphatic rings. The number of nitro benzene ring substituents is 1. The van der Waals surface area contributed by atoms with Gasteiger partial charge in [-0.2, -0.15) is 5.10 Å². The van der Waals surface area contributed by atoms with Crippen LogP contribution in [0.1, 0.15) is 16.7 Å². The maximum Gasteiger partial charge on any atom is 0.270 e. The summed E-state index contributed by atoms with van der Waals surface area (Å²) in [7, 11) is 0. The highest BCUT2D eigenvalue weighted by atomic mass is 16.7. The molecule has 0 fully saturated rings. The summed E-state index contributed by atoms with van der Waals surface area (Å²) in [6, 6.07) is 10.5. The van der Waals surface area contributed by atoms with Gasteiger partial charge in [0.05, 0.1) is 30.0 Å². The average Bonchev–Trinajstić information content (AvgIpc) is 3.20. The maximum absolute atomic E-state index is 13.1. The SMILES string of the molecule is Cc1ccccc1-n1ncc2c(=O)n(Cc3cc([N+](=O)[O-])cc4c3OCOC4)cnc21. The number of rotatable bonds is 4. The fourth-order valence-corrected chi connectivity index (χ4v) is 3.73. The third-order valence-corrected chi connectivity index (χ3v) is 5.22. The lowest BCUT2D eigenvalue weighted by molar-refractivity contribution is -0.385. The molecule has 2 aromatic heterocycles. The van der Waals surface area contributed by atoms with E-state index in [1.807, 2.05) is 31.2 Å². The van der Waals surface area contributed by atoms with Crippen molar-refractivity contribution in [3.8, 4) is 11.4 Å². The number of ether oxygens (including phenoxy) is 2. The minimum Gasteiger partial charge on any atom is -0.467 e. The first-order valence-electron chi connectivity index (χ1n) is 9.53. The van der Waals surface area contributed by atoms with Gasteiger partial charge in [-0.15, -0.1) is 0 Å². The lowest BCUT2D eigenvalue weighted by Gasteiger charge is -2.20. The molecule has 5 rings (SSSR count). The molecule has 0 aliphatic carbocycles. The second-order valence-electron chi connectivity index (χ2n) is 7.22. The van der Waals surface area contributed by atoms with Gasteiger partial charge in [-0.1, -0.05) is 18.2 Å². The van der Waals surface area contributed by atoms with Crippen molar-refractivity contribution < 1.29 is 14.4 Å². The summed E-state index contributed by atoms with van der Waals surface area (Å²) in [5, 5.41) is 16.0. The van der Waals surface area contributed by atoms with Crippen LogP contribution in [0.25, 0.3) is 16.7 Å². The van der Waals surface area contributed by atoms with E-state index < -0.39 is 4.92 Å². The quantitative estimate of drug-likeness (QED) is 0.369. The van der Waals surface area contributed by atoms with Crippen LogP contribution in [0.3, 0.4) is 0 Å². The Morgan fingerprint density at radius 3 is 2.90 bits per heavy atom. The predicted octanol–water partition coefficient (Wildman–Crippen LogP) is 2.71. The van der Waals surface area contributed by atoms with E-state index >= 15 is 0 Å². The Labute approximate surface area is 175 Å². The summed E-state index contributed by atoms with van der Waals surface area (Å²) in [5.74, 6) is 0.499. The topological polar surface area (TPSA) is 114 Å². The molecule has 3 heterocycles. The molecule has 2 aromatic carbocycles. The van der Waals surface area contributed by atoms with Gasteiger partial charge in [0.25, 0.3) is 11.2 Å². The third-order valence-electron chi connectivity index (χ3n) is 5.22. The van der Waals surface area contributed by atoms with Gasteiger partial charge in [-0.05, 0) is 18.6 Å². The van der Waals surface area contributed by atoms with E-state index in [0.717, 1.165) is 11.3 Å². The van der Waals surface area contributed by atoms with Crippen LogP contribution in [0, 0.1) is 17.0 Å². The smallest absolute Gasteiger partial charge is 0.270 e. The lowest BCUT2D eigenvalue weighted by atomic mass is 10.1. The van der Waals surface area contributed by atoms with E-state index in [2.05, 4.69) is 10.1 Å². The minimum atomic E-state index is -0.477. The number of para-hydroxylation sites is 1. The predicted molar refractivity (Wildman–Crippen MR) is 110 cm³/mol. The number of hydrogen-bond donors (Lipinski definition) is 0. The lowest BCUT2D eigenvalue weighted by Crippen LogP contribution is -2.22. The first kappa shape index (κ1) is 18.9. The van der Waals surface area contributed by atoms with Gasteiger partial charge in [0, 0.05) is 23.3 Å². The van der Waals surface area contributed by atoms with Crippen LogP contribution < -0.4 is 10.3 Å². The third kappa shape index (κ3) is 3.22. The molecular formula is C21H17N5O5. The Balaban J connectivity index is 1.59. The van der Waals surface area contributed by atoms with Crippen LogP contribution in [0.4, 0.5) is 5.69 Å². The molecule has 0 unspecified atom stereocenters. The molecule has 0 saturated heterocycles. The second-order valence-corrected chi connectivity index (χ2v) is 7.22. The number of aryl methyl sites for hydroxylation is 1. The van der Waals surface area contributed by atoms with Gasteiger partial charge in [-0.3, -0.25) is 19.5 Å². The largest absolute Gasteiger partial charge is 0.467 e. The van der Waals surface area contributed by atoms with Crippen molar-refractivity contribution in [2.45, 2.75) is 20.1 Å². The van der Waals surface area contributed by atoms with Crippen molar-refractivity contribution in [1.29, 1.82) is 0 Å². The van der Waals surface area contributed by atoms with Crippen molar-refractivity contribution in [2.24, 2.45) is 0 Å². The summed E-state index contributed by atoms with van der Waals surface area (Å²) in [6.45, 7) is 2.28. The number of non-ortho nitro benzene ring substituents is 1. The van der Waals surface area contributed by atoms with Gasteiger partial charge in [0.2, 0.25) is 0 Å². The van der Waals surface area contributed by atoms with E-state index in [9.17, 15) is 14.9 Å². The van der Waals surface area contributed by atoms with Gasteiger partial charge in [-0.25, -0.2) is 9.67 Å². The second kappa shape index (κ2) is 7.33. The molecule has 10 nitrogen and oxygen atoms in total. The molecule has 10 heteroatoms. The highest BCUT2D eigenvalue weighted by Gasteiger charge is 2.22. The van der Waals surface area contributed by atoms with Gasteiger partial charge in [0.1, 0.15) is 17.5 Å². The Kier molecular flexibility index (Phi) is 4.48. The Morgan fingerprint density at radius 1 is 1.26 bits per heavy atom. The molecule has 0 amide bonds. The summed E-state index contributed by atoms with van der Waals surface area (Å²) >= 11 is 0. The van der Waals surface area contributed by atoms with Crippen molar-refractivity contribution in [2.75, 3.05) is 6.79 Å². The van der Waals surface area contributed by atoms with Crippen LogP contribution in [0.2, 0.25) is 0 Å². The van der Waals surface area contributed by atoms with Crippen molar-refractivity contribution in [1.82, 2.24) is 19.3 Å². The first-order valence-corrected chi connectivity index (χ1v) is 9.53. The van der Waals surface area contributed by atoms with Gasteiger partial charge in [0.15, 0.2) is 12.4 Å². The van der Waals surface area contributed by atoms with Crippen LogP contribution in [0.15, 0.2) is 53.7 Å². The summed E-state index contributed by atoms with van der Waals surface area (Å²) in [6.07, 6.45) is 2.91. The van der Waals surface area contributed by atoms with Crippen LogP contribution in [-0.2, 0) is 17.9 Å². The minimum absolute atomic E-state index is 0.0488. The van der Waals surface area contributed by atoms with E-state index in [-0.39, 0.29) is 31.2 Å². The molecular weight excluding hydrogens is 402 g/mol. The first-order chi connectivity index (χ1) is 15.0. The Morgan fingerprint density at radius 2 is 2.10 bits per heavy atom.